The molecule has 1 fully saturated rings. The van der Waals surface area contributed by atoms with Crippen LogP contribution in [-0.2, 0) is 4.74 Å². The molecule has 18 heavy (non-hydrogen) atoms. The number of rotatable bonds is 4. The number of nitriles is 1. The van der Waals surface area contributed by atoms with Crippen LogP contribution in [-0.4, -0.2) is 26.4 Å². The molecule has 5 nitrogen and oxygen atoms in total. The van der Waals surface area contributed by atoms with E-state index in [2.05, 4.69) is 11.4 Å². The summed E-state index contributed by atoms with van der Waals surface area (Å²) in [5, 5.41) is 13.2. The Balaban J connectivity index is 2.21. The third-order valence-electron chi connectivity index (χ3n) is 3.28. The number of methoxy groups -OCH3 is 2. The second-order valence-corrected chi connectivity index (χ2v) is 5.30. The van der Waals surface area contributed by atoms with Gasteiger partial charge in [-0.25, -0.2) is 0 Å². The number of nitrogens with two attached hydrogens (primary N) is 1. The maximum atomic E-state index is 8.98. The lowest BCUT2D eigenvalue weighted by Gasteiger charge is -2.20. The zero-order valence-electron chi connectivity index (χ0n) is 10.5. The molecule has 1 heterocycles. The Kier molecular flexibility index (Phi) is 3.94. The first-order valence-electron chi connectivity index (χ1n) is 5.87. The lowest BCUT2D eigenvalue weighted by molar-refractivity contribution is 0.101. The van der Waals surface area contributed by atoms with Gasteiger partial charge in [0.05, 0.1) is 19.3 Å². The van der Waals surface area contributed by atoms with E-state index in [1.54, 1.807) is 14.2 Å². The van der Waals surface area contributed by atoms with Gasteiger partial charge < -0.3 is 20.5 Å². The number of anilines is 2. The number of hydrogen-bond donors (Lipinski definition) is 2. The zero-order chi connectivity index (χ0) is 13.1. The summed E-state index contributed by atoms with van der Waals surface area (Å²) in [5.74, 6) is 0.568. The molecule has 0 aromatic carbocycles. The maximum absolute atomic E-state index is 8.98. The molecule has 2 atom stereocenters. The van der Waals surface area contributed by atoms with Gasteiger partial charge in [-0.3, -0.25) is 0 Å². The van der Waals surface area contributed by atoms with E-state index in [9.17, 15) is 0 Å². The van der Waals surface area contributed by atoms with E-state index >= 15 is 0 Å². The van der Waals surface area contributed by atoms with Crippen LogP contribution < -0.4 is 15.8 Å². The largest absolute Gasteiger partial charge is 0.492 e. The molecule has 0 bridgehead atoms. The molecule has 2 rings (SSSR count). The van der Waals surface area contributed by atoms with Gasteiger partial charge in [-0.2, -0.15) is 5.26 Å². The number of thiophene rings is 1. The van der Waals surface area contributed by atoms with Gasteiger partial charge in [-0.1, -0.05) is 0 Å². The van der Waals surface area contributed by atoms with E-state index in [4.69, 9.17) is 20.5 Å². The third-order valence-corrected chi connectivity index (χ3v) is 4.30. The van der Waals surface area contributed by atoms with Gasteiger partial charge in [-0.15, -0.1) is 11.3 Å². The van der Waals surface area contributed by atoms with Crippen molar-refractivity contribution in [1.82, 2.24) is 0 Å². The van der Waals surface area contributed by atoms with Crippen molar-refractivity contribution in [3.05, 3.63) is 4.88 Å². The number of hydrogen-bond acceptors (Lipinski definition) is 6. The van der Waals surface area contributed by atoms with Crippen molar-refractivity contribution in [1.29, 1.82) is 5.26 Å². The van der Waals surface area contributed by atoms with E-state index in [0.717, 1.165) is 24.3 Å². The number of nitrogens with one attached hydrogen (secondary N) is 1. The van der Waals surface area contributed by atoms with Crippen molar-refractivity contribution in [2.45, 2.75) is 31.4 Å². The average molecular weight is 267 g/mol. The van der Waals surface area contributed by atoms with E-state index in [1.807, 2.05) is 0 Å². The highest BCUT2D eigenvalue weighted by Gasteiger charge is 2.29. The first-order chi connectivity index (χ1) is 8.71. The van der Waals surface area contributed by atoms with Gasteiger partial charge in [0.15, 0.2) is 5.75 Å². The van der Waals surface area contributed by atoms with Crippen LogP contribution in [0.3, 0.4) is 0 Å². The van der Waals surface area contributed by atoms with Crippen molar-refractivity contribution < 1.29 is 9.47 Å². The maximum Gasteiger partial charge on any atom is 0.177 e. The Hall–Kier alpha value is -1.45. The second kappa shape index (κ2) is 5.46. The third kappa shape index (κ3) is 2.24. The van der Waals surface area contributed by atoms with Crippen molar-refractivity contribution in [2.75, 3.05) is 25.3 Å². The monoisotopic (exact) mass is 267 g/mol. The second-order valence-electron chi connectivity index (χ2n) is 4.27. The fourth-order valence-electron chi connectivity index (χ4n) is 2.35. The molecule has 6 heteroatoms. The topological polar surface area (TPSA) is 80.3 Å². The van der Waals surface area contributed by atoms with Crippen LogP contribution in [0.2, 0.25) is 0 Å². The molecule has 1 aliphatic carbocycles. The predicted molar refractivity (Wildman–Crippen MR) is 72.1 cm³/mol. The van der Waals surface area contributed by atoms with E-state index < -0.39 is 0 Å². The van der Waals surface area contributed by atoms with Gasteiger partial charge in [0.1, 0.15) is 21.6 Å². The Labute approximate surface area is 110 Å². The van der Waals surface area contributed by atoms with Gasteiger partial charge in [-0.05, 0) is 19.3 Å². The average Bonchev–Trinajstić information content (AvgIpc) is 2.94. The molecule has 0 saturated heterocycles. The highest BCUT2D eigenvalue weighted by Crippen LogP contribution is 2.43. The molecule has 1 aliphatic rings. The summed E-state index contributed by atoms with van der Waals surface area (Å²) in [6.45, 7) is 0. The number of nitrogen functional groups attached to an aromatic ring is 1. The Morgan fingerprint density at radius 3 is 2.83 bits per heavy atom. The lowest BCUT2D eigenvalue weighted by atomic mass is 10.2. The van der Waals surface area contributed by atoms with E-state index in [-0.39, 0.29) is 12.1 Å². The number of ether oxygens (including phenoxy) is 2. The molecule has 1 aromatic rings. The minimum absolute atomic E-state index is 0.212. The first-order valence-corrected chi connectivity index (χ1v) is 6.68. The Bertz CT molecular complexity index is 467. The fraction of sp³-hybridized carbons (Fsp3) is 0.583. The quantitative estimate of drug-likeness (QED) is 0.874. The van der Waals surface area contributed by atoms with Gasteiger partial charge in [0.25, 0.3) is 0 Å². The predicted octanol–water partition coefficient (Wildman–Crippen LogP) is 2.19. The fourth-order valence-corrected chi connectivity index (χ4v) is 3.30. The minimum Gasteiger partial charge on any atom is -0.492 e. The van der Waals surface area contributed by atoms with E-state index in [0.29, 0.717) is 16.3 Å². The molecule has 0 radical (unpaired) electrons. The molecule has 0 spiro atoms. The van der Waals surface area contributed by atoms with Crippen LogP contribution in [0.1, 0.15) is 24.1 Å². The molecule has 0 aliphatic heterocycles. The molecular formula is C12H17N3O2S. The van der Waals surface area contributed by atoms with Gasteiger partial charge >= 0.3 is 0 Å². The van der Waals surface area contributed by atoms with Crippen LogP contribution in [0.4, 0.5) is 10.7 Å². The SMILES string of the molecule is COc1c(NC2CCCC2OC)sc(C#N)c1N. The van der Waals surface area contributed by atoms with Crippen molar-refractivity contribution >= 4 is 22.0 Å². The smallest absolute Gasteiger partial charge is 0.177 e. The molecule has 3 N–H and O–H groups in total. The van der Waals surface area contributed by atoms with Crippen molar-refractivity contribution in [3.63, 3.8) is 0 Å². The van der Waals surface area contributed by atoms with Crippen LogP contribution in [0.25, 0.3) is 0 Å². The molecule has 1 aromatic heterocycles. The summed E-state index contributed by atoms with van der Waals surface area (Å²) in [7, 11) is 3.29. The molecule has 2 unspecified atom stereocenters. The molecule has 0 amide bonds. The van der Waals surface area contributed by atoms with Crippen LogP contribution in [0.15, 0.2) is 0 Å². The summed E-state index contributed by atoms with van der Waals surface area (Å²) < 4.78 is 10.7. The minimum atomic E-state index is 0.212. The Morgan fingerprint density at radius 1 is 1.44 bits per heavy atom. The number of nitrogens with zero attached hydrogens (tertiary/aromatic N) is 1. The molecule has 1 saturated carbocycles. The van der Waals surface area contributed by atoms with Crippen LogP contribution >= 0.6 is 11.3 Å². The zero-order valence-corrected chi connectivity index (χ0v) is 11.3. The highest BCUT2D eigenvalue weighted by atomic mass is 32.1. The summed E-state index contributed by atoms with van der Waals surface area (Å²) in [5.41, 5.74) is 6.27. The normalized spacial score (nSPS) is 22.7. The van der Waals surface area contributed by atoms with Crippen LogP contribution in [0.5, 0.6) is 5.75 Å². The van der Waals surface area contributed by atoms with E-state index in [1.165, 1.54) is 11.3 Å². The lowest BCUT2D eigenvalue weighted by Crippen LogP contribution is -2.29. The van der Waals surface area contributed by atoms with Gasteiger partial charge in [0.2, 0.25) is 0 Å². The summed E-state index contributed by atoms with van der Waals surface area (Å²) in [4.78, 5) is 0.487. The molecule has 98 valence electrons. The summed E-state index contributed by atoms with van der Waals surface area (Å²) in [6.07, 6.45) is 3.47. The Morgan fingerprint density at radius 2 is 2.22 bits per heavy atom. The van der Waals surface area contributed by atoms with Gasteiger partial charge in [0, 0.05) is 7.11 Å². The van der Waals surface area contributed by atoms with Crippen molar-refractivity contribution in [2.24, 2.45) is 0 Å². The van der Waals surface area contributed by atoms with Crippen LogP contribution in [0, 0.1) is 11.3 Å². The summed E-state index contributed by atoms with van der Waals surface area (Å²) in [6, 6.07) is 2.34. The molecular weight excluding hydrogens is 250 g/mol. The van der Waals surface area contributed by atoms with Crippen molar-refractivity contribution in [3.8, 4) is 11.8 Å². The highest BCUT2D eigenvalue weighted by molar-refractivity contribution is 7.17. The first kappa shape index (κ1) is 13.0. The standard InChI is InChI=1S/C12H17N3O2S/c1-16-8-5-3-4-7(8)15-12-11(17-2)10(14)9(6-13)18-12/h7-8,15H,3-5,14H2,1-2H3. The summed E-state index contributed by atoms with van der Waals surface area (Å²) >= 11 is 1.33.